The number of carbonyl (C=O) groups is 2. The maximum atomic E-state index is 12.7. The molecule has 0 saturated carbocycles. The Morgan fingerprint density at radius 1 is 1.29 bits per heavy atom. The van der Waals surface area contributed by atoms with Gasteiger partial charge in [-0.15, -0.1) is 0 Å². The molecule has 0 saturated heterocycles. The van der Waals surface area contributed by atoms with Crippen molar-refractivity contribution in [2.24, 2.45) is 0 Å². The molecular weight excluding hydrogens is 358 g/mol. The summed E-state index contributed by atoms with van der Waals surface area (Å²) in [5.41, 5.74) is 3.53. The number of hydrogen-bond acceptors (Lipinski definition) is 6. The van der Waals surface area contributed by atoms with Crippen LogP contribution < -0.4 is 5.32 Å². The molecule has 1 amide bonds. The molecule has 0 fully saturated rings. The molecule has 3 rings (SSSR count). The molecule has 0 aliphatic heterocycles. The lowest BCUT2D eigenvalue weighted by Gasteiger charge is -2.14. The number of carbonyl (C=O) groups excluding carboxylic acids is 2. The normalized spacial score (nSPS) is 11.7. The van der Waals surface area contributed by atoms with Gasteiger partial charge in [-0.2, -0.15) is 5.10 Å². The van der Waals surface area contributed by atoms with Crippen molar-refractivity contribution in [1.29, 1.82) is 0 Å². The van der Waals surface area contributed by atoms with Crippen LogP contribution >= 0.6 is 0 Å². The molecule has 3 aromatic rings. The first-order valence-corrected chi connectivity index (χ1v) is 8.79. The first-order valence-electron chi connectivity index (χ1n) is 8.79. The van der Waals surface area contributed by atoms with Crippen LogP contribution in [0.3, 0.4) is 0 Å². The molecule has 1 unspecified atom stereocenters. The Morgan fingerprint density at radius 2 is 2.11 bits per heavy atom. The maximum absolute atomic E-state index is 12.7. The van der Waals surface area contributed by atoms with Gasteiger partial charge in [0.25, 0.3) is 5.91 Å². The van der Waals surface area contributed by atoms with Crippen LogP contribution in [-0.2, 0) is 11.2 Å². The lowest BCUT2D eigenvalue weighted by molar-refractivity contribution is 0.0594. The maximum Gasteiger partial charge on any atom is 0.359 e. The molecule has 0 aliphatic carbocycles. The minimum atomic E-state index is -0.535. The van der Waals surface area contributed by atoms with Crippen LogP contribution in [0.1, 0.15) is 39.2 Å². The number of aromatic amines is 1. The van der Waals surface area contributed by atoms with Gasteiger partial charge in [0.15, 0.2) is 5.69 Å². The van der Waals surface area contributed by atoms with Crippen molar-refractivity contribution in [3.05, 3.63) is 65.5 Å². The molecule has 2 heterocycles. The first-order chi connectivity index (χ1) is 13.5. The van der Waals surface area contributed by atoms with E-state index in [0.717, 1.165) is 5.69 Å². The Hall–Kier alpha value is -3.55. The average Bonchev–Trinajstić information content (AvgIpc) is 3.09. The second kappa shape index (κ2) is 8.43. The van der Waals surface area contributed by atoms with E-state index < -0.39 is 5.97 Å². The third kappa shape index (κ3) is 4.22. The minimum absolute atomic E-state index is 0.117. The Bertz CT molecular complexity index is 985. The summed E-state index contributed by atoms with van der Waals surface area (Å²) in [5.74, 6) is -0.745. The molecule has 8 heteroatoms. The number of hydrogen-bond donors (Lipinski definition) is 2. The van der Waals surface area contributed by atoms with Gasteiger partial charge in [-0.05, 0) is 31.5 Å². The van der Waals surface area contributed by atoms with Crippen molar-refractivity contribution in [3.63, 3.8) is 0 Å². The van der Waals surface area contributed by atoms with Crippen LogP contribution in [0.5, 0.6) is 0 Å². The van der Waals surface area contributed by atoms with Crippen LogP contribution in [0.4, 0.5) is 0 Å². The second-order valence-corrected chi connectivity index (χ2v) is 6.42. The monoisotopic (exact) mass is 379 g/mol. The van der Waals surface area contributed by atoms with Crippen LogP contribution in [0.25, 0.3) is 11.1 Å². The highest BCUT2D eigenvalue weighted by Crippen LogP contribution is 2.27. The van der Waals surface area contributed by atoms with E-state index in [9.17, 15) is 9.59 Å². The van der Waals surface area contributed by atoms with Crippen LogP contribution in [0.15, 0.2) is 42.9 Å². The molecule has 0 spiro atoms. The zero-order valence-corrected chi connectivity index (χ0v) is 15.9. The summed E-state index contributed by atoms with van der Waals surface area (Å²) < 4.78 is 4.79. The van der Waals surface area contributed by atoms with Gasteiger partial charge >= 0.3 is 5.97 Å². The van der Waals surface area contributed by atoms with E-state index >= 15 is 0 Å². The molecule has 1 aromatic carbocycles. The quantitative estimate of drug-likeness (QED) is 0.636. The number of benzene rings is 1. The van der Waals surface area contributed by atoms with Gasteiger partial charge < -0.3 is 10.1 Å². The lowest BCUT2D eigenvalue weighted by Crippen LogP contribution is -2.34. The first kappa shape index (κ1) is 19.2. The van der Waals surface area contributed by atoms with Gasteiger partial charge in [-0.1, -0.05) is 12.1 Å². The van der Waals surface area contributed by atoms with E-state index in [2.05, 4.69) is 25.5 Å². The average molecular weight is 379 g/mol. The SMILES string of the molecule is COC(=O)c1n[nH]c(C)c1-c1cccc(C(=O)NC(C)Cc2cnccn2)c1. The lowest BCUT2D eigenvalue weighted by atomic mass is 10.0. The number of methoxy groups -OCH3 is 1. The van der Waals surface area contributed by atoms with Crippen molar-refractivity contribution >= 4 is 11.9 Å². The number of aryl methyl sites for hydroxylation is 1. The van der Waals surface area contributed by atoms with Gasteiger partial charge in [0.2, 0.25) is 0 Å². The van der Waals surface area contributed by atoms with E-state index in [-0.39, 0.29) is 17.6 Å². The summed E-state index contributed by atoms with van der Waals surface area (Å²) in [6.07, 6.45) is 5.49. The molecular formula is C20H21N5O3. The fourth-order valence-electron chi connectivity index (χ4n) is 2.95. The van der Waals surface area contributed by atoms with Crippen molar-refractivity contribution in [1.82, 2.24) is 25.5 Å². The van der Waals surface area contributed by atoms with Gasteiger partial charge in [0.1, 0.15) is 0 Å². The van der Waals surface area contributed by atoms with Crippen molar-refractivity contribution in [3.8, 4) is 11.1 Å². The van der Waals surface area contributed by atoms with Crippen molar-refractivity contribution in [2.75, 3.05) is 7.11 Å². The number of amides is 1. The third-order valence-electron chi connectivity index (χ3n) is 4.25. The largest absolute Gasteiger partial charge is 0.464 e. The predicted molar refractivity (Wildman–Crippen MR) is 103 cm³/mol. The fraction of sp³-hybridized carbons (Fsp3) is 0.250. The number of H-pyrrole nitrogens is 1. The molecule has 8 nitrogen and oxygen atoms in total. The smallest absolute Gasteiger partial charge is 0.359 e. The van der Waals surface area contributed by atoms with Gasteiger partial charge in [-0.3, -0.25) is 19.9 Å². The Kier molecular flexibility index (Phi) is 5.78. The molecule has 1 atom stereocenters. The Labute approximate surface area is 162 Å². The zero-order chi connectivity index (χ0) is 20.1. The number of nitrogens with one attached hydrogen (secondary N) is 2. The van der Waals surface area contributed by atoms with Gasteiger partial charge in [-0.25, -0.2) is 4.79 Å². The standard InChI is InChI=1S/C20H21N5O3/c1-12(9-16-11-21-7-8-22-16)23-19(26)15-6-4-5-14(10-15)17-13(2)24-25-18(17)20(27)28-3/h4-8,10-12H,9H2,1-3H3,(H,23,26)(H,24,25). The number of rotatable bonds is 6. The highest BCUT2D eigenvalue weighted by atomic mass is 16.5. The molecule has 2 aromatic heterocycles. The number of esters is 1. The summed E-state index contributed by atoms with van der Waals surface area (Å²) in [6.45, 7) is 3.72. The topological polar surface area (TPSA) is 110 Å². The summed E-state index contributed by atoms with van der Waals surface area (Å²) in [7, 11) is 1.30. The van der Waals surface area contributed by atoms with E-state index in [4.69, 9.17) is 4.74 Å². The molecule has 0 aliphatic rings. The minimum Gasteiger partial charge on any atom is -0.464 e. The van der Waals surface area contributed by atoms with Gasteiger partial charge in [0.05, 0.1) is 12.8 Å². The Morgan fingerprint density at radius 3 is 2.82 bits per heavy atom. The van der Waals surface area contributed by atoms with E-state index in [1.54, 1.807) is 36.8 Å². The highest BCUT2D eigenvalue weighted by molar-refractivity contribution is 5.99. The summed E-state index contributed by atoms with van der Waals surface area (Å²) >= 11 is 0. The van der Waals surface area contributed by atoms with E-state index in [0.29, 0.717) is 28.8 Å². The molecule has 144 valence electrons. The van der Waals surface area contributed by atoms with Gasteiger partial charge in [0, 0.05) is 47.9 Å². The summed E-state index contributed by atoms with van der Waals surface area (Å²) in [4.78, 5) is 32.9. The Balaban J connectivity index is 1.79. The fourth-order valence-corrected chi connectivity index (χ4v) is 2.95. The third-order valence-corrected chi connectivity index (χ3v) is 4.25. The van der Waals surface area contributed by atoms with E-state index in [1.165, 1.54) is 7.11 Å². The molecule has 28 heavy (non-hydrogen) atoms. The number of ether oxygens (including phenoxy) is 1. The summed E-state index contributed by atoms with van der Waals surface area (Å²) in [5, 5.41) is 9.77. The van der Waals surface area contributed by atoms with Crippen molar-refractivity contribution in [2.45, 2.75) is 26.3 Å². The van der Waals surface area contributed by atoms with Crippen LogP contribution in [0.2, 0.25) is 0 Å². The van der Waals surface area contributed by atoms with Crippen LogP contribution in [0, 0.1) is 6.92 Å². The predicted octanol–water partition coefficient (Wildman–Crippen LogP) is 2.32. The number of aromatic nitrogens is 4. The second-order valence-electron chi connectivity index (χ2n) is 6.42. The number of nitrogens with zero attached hydrogens (tertiary/aromatic N) is 3. The molecule has 2 N–H and O–H groups in total. The molecule has 0 bridgehead atoms. The molecule has 0 radical (unpaired) electrons. The zero-order valence-electron chi connectivity index (χ0n) is 15.9. The summed E-state index contributed by atoms with van der Waals surface area (Å²) in [6, 6.07) is 6.93. The highest BCUT2D eigenvalue weighted by Gasteiger charge is 2.20. The van der Waals surface area contributed by atoms with Crippen molar-refractivity contribution < 1.29 is 14.3 Å². The van der Waals surface area contributed by atoms with E-state index in [1.807, 2.05) is 19.9 Å². The van der Waals surface area contributed by atoms with Crippen LogP contribution in [-0.4, -0.2) is 45.2 Å².